The first-order chi connectivity index (χ1) is 17.2. The number of amides is 2. The van der Waals surface area contributed by atoms with Gasteiger partial charge in [0.1, 0.15) is 18.0 Å². The van der Waals surface area contributed by atoms with Crippen LogP contribution in [0.3, 0.4) is 0 Å². The van der Waals surface area contributed by atoms with Gasteiger partial charge in [0.2, 0.25) is 0 Å². The highest BCUT2D eigenvalue weighted by atomic mass is 79.9. The quantitative estimate of drug-likeness (QED) is 0.229. The first-order valence-electron chi connectivity index (χ1n) is 10.3. The summed E-state index contributed by atoms with van der Waals surface area (Å²) in [6, 6.07) is 14.9. The third-order valence-electron chi connectivity index (χ3n) is 5.11. The lowest BCUT2D eigenvalue weighted by molar-refractivity contribution is -0.122. The van der Waals surface area contributed by atoms with E-state index in [2.05, 4.69) is 21.2 Å². The molecule has 0 radical (unpaired) electrons. The number of halogens is 3. The molecule has 0 aromatic heterocycles. The molecule has 1 aliphatic heterocycles. The van der Waals surface area contributed by atoms with E-state index in [9.17, 15) is 18.8 Å². The summed E-state index contributed by atoms with van der Waals surface area (Å²) < 4.78 is 20.6. The van der Waals surface area contributed by atoms with Gasteiger partial charge in [0, 0.05) is 0 Å². The summed E-state index contributed by atoms with van der Waals surface area (Å²) in [5, 5.41) is 11.4. The first-order valence-corrected chi connectivity index (χ1v) is 11.8. The van der Waals surface area contributed by atoms with Gasteiger partial charge in [-0.15, -0.1) is 0 Å². The van der Waals surface area contributed by atoms with Crippen molar-refractivity contribution in [2.45, 2.75) is 6.61 Å². The van der Waals surface area contributed by atoms with E-state index in [1.807, 2.05) is 0 Å². The number of nitrogens with one attached hydrogen (secondary N) is 1. The number of carboxylic acids is 1. The number of hydrogen-bond donors (Lipinski definition) is 2. The number of carboxylic acid groups (broad SMARTS) is 1. The van der Waals surface area contributed by atoms with E-state index < -0.39 is 23.6 Å². The Balaban J connectivity index is 1.58. The van der Waals surface area contributed by atoms with Crippen molar-refractivity contribution in [2.75, 3.05) is 4.90 Å². The highest BCUT2D eigenvalue weighted by molar-refractivity contribution is 9.10. The van der Waals surface area contributed by atoms with Gasteiger partial charge in [-0.25, -0.2) is 14.1 Å². The molecule has 4 rings (SSSR count). The van der Waals surface area contributed by atoms with Gasteiger partial charge in [0.25, 0.3) is 11.8 Å². The number of hydrogen-bond acceptors (Lipinski definition) is 5. The third kappa shape index (κ3) is 5.30. The van der Waals surface area contributed by atoms with Gasteiger partial charge >= 0.3 is 5.97 Å². The van der Waals surface area contributed by atoms with Crippen LogP contribution in [0.1, 0.15) is 21.5 Å². The number of carbonyl (C=O) groups excluding carboxylic acids is 2. The largest absolute Gasteiger partial charge is 0.486 e. The van der Waals surface area contributed by atoms with Crippen LogP contribution >= 0.6 is 39.7 Å². The predicted molar refractivity (Wildman–Crippen MR) is 139 cm³/mol. The monoisotopic (exact) mass is 588 g/mol. The third-order valence-corrected chi connectivity index (χ3v) is 6.27. The normalized spacial score (nSPS) is 14.7. The van der Waals surface area contributed by atoms with Crippen molar-refractivity contribution in [3.05, 3.63) is 98.2 Å². The summed E-state index contributed by atoms with van der Waals surface area (Å²) in [6.45, 7) is 0.120. The Bertz CT molecular complexity index is 1420. The molecule has 0 spiro atoms. The lowest BCUT2D eigenvalue weighted by atomic mass is 10.1. The van der Waals surface area contributed by atoms with Crippen molar-refractivity contribution >= 4 is 74.4 Å². The Labute approximate surface area is 223 Å². The number of ether oxygens (including phenoxy) is 1. The molecule has 0 unspecified atom stereocenters. The second-order valence-electron chi connectivity index (χ2n) is 7.51. The highest BCUT2D eigenvalue weighted by Gasteiger charge is 2.35. The molecule has 0 aliphatic carbocycles. The lowest BCUT2D eigenvalue weighted by Crippen LogP contribution is -2.54. The van der Waals surface area contributed by atoms with E-state index in [0.29, 0.717) is 15.8 Å². The minimum absolute atomic E-state index is 0.0854. The summed E-state index contributed by atoms with van der Waals surface area (Å²) >= 11 is 14.9. The van der Waals surface area contributed by atoms with Crippen LogP contribution < -0.4 is 15.0 Å². The summed E-state index contributed by atoms with van der Waals surface area (Å²) in [6.07, 6.45) is 1.32. The number of benzene rings is 3. The Morgan fingerprint density at radius 2 is 1.86 bits per heavy atom. The molecule has 11 heteroatoms. The fourth-order valence-corrected chi connectivity index (χ4v) is 4.64. The zero-order valence-corrected chi connectivity index (χ0v) is 21.3. The van der Waals surface area contributed by atoms with E-state index >= 15 is 0 Å². The van der Waals surface area contributed by atoms with E-state index in [0.717, 1.165) is 10.5 Å². The van der Waals surface area contributed by atoms with Crippen LogP contribution in [-0.4, -0.2) is 28.0 Å². The topological polar surface area (TPSA) is 95.9 Å². The molecule has 36 heavy (non-hydrogen) atoms. The van der Waals surface area contributed by atoms with Crippen LogP contribution in [0.15, 0.2) is 70.7 Å². The SMILES string of the molecule is O=C1NC(=S)N(c2ccccc2F)C(=O)/C1=C/c1cc(Cl)c(OCc2ccc(C(=O)O)cc2)c(Br)c1. The van der Waals surface area contributed by atoms with Crippen molar-refractivity contribution in [1.82, 2.24) is 5.32 Å². The maximum absolute atomic E-state index is 14.3. The van der Waals surface area contributed by atoms with Gasteiger partial charge in [-0.1, -0.05) is 35.9 Å². The summed E-state index contributed by atoms with van der Waals surface area (Å²) in [5.41, 5.74) is 0.943. The molecule has 1 saturated heterocycles. The maximum atomic E-state index is 14.3. The standard InChI is InChI=1S/C25H15BrClFN2O5S/c26-17-10-14(11-18(27)21(17)35-12-13-5-7-15(8-6-13)24(33)34)9-16-22(31)29-25(36)30(23(16)32)20-4-2-1-3-19(20)28/h1-11H,12H2,(H,33,34)(H,29,31,36)/b16-9+. The van der Waals surface area contributed by atoms with Crippen molar-refractivity contribution in [3.63, 3.8) is 0 Å². The van der Waals surface area contributed by atoms with Crippen molar-refractivity contribution in [2.24, 2.45) is 0 Å². The Hall–Kier alpha value is -3.60. The predicted octanol–water partition coefficient (Wildman–Crippen LogP) is 5.35. The second kappa shape index (κ2) is 10.6. The molecule has 182 valence electrons. The highest BCUT2D eigenvalue weighted by Crippen LogP contribution is 2.36. The van der Waals surface area contributed by atoms with Crippen LogP contribution in [-0.2, 0) is 16.2 Å². The van der Waals surface area contributed by atoms with Crippen LogP contribution in [0.5, 0.6) is 5.75 Å². The molecule has 0 bridgehead atoms. The van der Waals surface area contributed by atoms with Gasteiger partial charge in [0.15, 0.2) is 10.9 Å². The molecular weight excluding hydrogens is 575 g/mol. The van der Waals surface area contributed by atoms with E-state index in [-0.39, 0.29) is 33.6 Å². The summed E-state index contributed by atoms with van der Waals surface area (Å²) in [4.78, 5) is 37.5. The van der Waals surface area contributed by atoms with Crippen LogP contribution in [0.4, 0.5) is 10.1 Å². The molecule has 1 heterocycles. The van der Waals surface area contributed by atoms with Gasteiger partial charge < -0.3 is 9.84 Å². The number of carbonyl (C=O) groups is 3. The average Bonchev–Trinajstić information content (AvgIpc) is 2.82. The maximum Gasteiger partial charge on any atom is 0.335 e. The fourth-order valence-electron chi connectivity index (χ4n) is 3.38. The minimum Gasteiger partial charge on any atom is -0.486 e. The zero-order chi connectivity index (χ0) is 26.0. The molecule has 2 amide bonds. The zero-order valence-electron chi connectivity index (χ0n) is 18.1. The molecule has 1 fully saturated rings. The number of anilines is 1. The van der Waals surface area contributed by atoms with E-state index in [4.69, 9.17) is 33.7 Å². The smallest absolute Gasteiger partial charge is 0.335 e. The van der Waals surface area contributed by atoms with E-state index in [1.54, 1.807) is 24.3 Å². The van der Waals surface area contributed by atoms with Crippen molar-refractivity contribution < 1.29 is 28.6 Å². The van der Waals surface area contributed by atoms with Crippen molar-refractivity contribution in [3.8, 4) is 5.75 Å². The van der Waals surface area contributed by atoms with E-state index in [1.165, 1.54) is 42.5 Å². The number of rotatable bonds is 6. The molecule has 3 aromatic rings. The fraction of sp³-hybridized carbons (Fsp3) is 0.0400. The first kappa shape index (κ1) is 25.5. The molecule has 0 saturated carbocycles. The molecule has 3 aromatic carbocycles. The number of aromatic carboxylic acids is 1. The second-order valence-corrected chi connectivity index (χ2v) is 9.16. The molecular formula is C25H15BrClFN2O5S. The van der Waals surface area contributed by atoms with Crippen LogP contribution in [0, 0.1) is 5.82 Å². The summed E-state index contributed by atoms with van der Waals surface area (Å²) in [5.74, 6) is -2.90. The Morgan fingerprint density at radius 1 is 1.17 bits per heavy atom. The molecule has 0 atom stereocenters. The Morgan fingerprint density at radius 3 is 2.50 bits per heavy atom. The average molecular weight is 590 g/mol. The Kier molecular flexibility index (Phi) is 7.48. The number of para-hydroxylation sites is 1. The number of thiocarbonyl (C=S) groups is 1. The van der Waals surface area contributed by atoms with Gasteiger partial charge in [-0.3, -0.25) is 14.9 Å². The van der Waals surface area contributed by atoms with Crippen LogP contribution in [0.2, 0.25) is 5.02 Å². The molecule has 7 nitrogen and oxygen atoms in total. The lowest BCUT2D eigenvalue weighted by Gasteiger charge is -2.29. The van der Waals surface area contributed by atoms with Gasteiger partial charge in [-0.2, -0.15) is 0 Å². The van der Waals surface area contributed by atoms with Gasteiger partial charge in [-0.05, 0) is 81.7 Å². The van der Waals surface area contributed by atoms with Crippen LogP contribution in [0.25, 0.3) is 6.08 Å². The minimum atomic E-state index is -1.03. The molecule has 2 N–H and O–H groups in total. The molecule has 1 aliphatic rings. The van der Waals surface area contributed by atoms with Gasteiger partial charge in [0.05, 0.1) is 20.7 Å². The number of nitrogens with zero attached hydrogens (tertiary/aromatic N) is 1. The van der Waals surface area contributed by atoms with Crippen molar-refractivity contribution in [1.29, 1.82) is 0 Å². The summed E-state index contributed by atoms with van der Waals surface area (Å²) in [7, 11) is 0.